The van der Waals surface area contributed by atoms with Gasteiger partial charge in [0.25, 0.3) is 0 Å². The maximum absolute atomic E-state index is 12.0. The number of hydrogen-bond acceptors (Lipinski definition) is 2. The highest BCUT2D eigenvalue weighted by Crippen LogP contribution is 2.45. The van der Waals surface area contributed by atoms with Crippen molar-refractivity contribution in [2.24, 2.45) is 11.7 Å². The molecule has 4 heteroatoms. The summed E-state index contributed by atoms with van der Waals surface area (Å²) in [5.41, 5.74) is 7.49. The fraction of sp³-hybridized carbons (Fsp3) is 0.429. The summed E-state index contributed by atoms with van der Waals surface area (Å²) in [5, 5.41) is 0. The molecule has 0 spiro atoms. The van der Waals surface area contributed by atoms with Crippen LogP contribution in [0.3, 0.4) is 0 Å². The van der Waals surface area contributed by atoms with E-state index in [0.717, 1.165) is 5.69 Å². The number of anilines is 1. The summed E-state index contributed by atoms with van der Waals surface area (Å²) in [5.74, 6) is -0.131. The van der Waals surface area contributed by atoms with E-state index in [4.69, 9.17) is 5.73 Å². The number of benzene rings is 1. The Kier molecular flexibility index (Phi) is 2.58. The van der Waals surface area contributed by atoms with Crippen molar-refractivity contribution >= 4 is 17.5 Å². The van der Waals surface area contributed by atoms with Gasteiger partial charge in [0.05, 0.1) is 5.92 Å². The van der Waals surface area contributed by atoms with Crippen LogP contribution >= 0.6 is 0 Å². The molecule has 3 rings (SSSR count). The van der Waals surface area contributed by atoms with E-state index in [1.807, 2.05) is 18.2 Å². The first-order valence-electron chi connectivity index (χ1n) is 6.35. The van der Waals surface area contributed by atoms with Crippen LogP contribution in [0.25, 0.3) is 0 Å². The molecular formula is C14H16N2O2. The Bertz CT molecular complexity index is 508. The smallest absolute Gasteiger partial charge is 0.227 e. The minimum Gasteiger partial charge on any atom is -0.369 e. The van der Waals surface area contributed by atoms with Gasteiger partial charge in [-0.3, -0.25) is 9.59 Å². The maximum atomic E-state index is 12.0. The number of amides is 2. The van der Waals surface area contributed by atoms with Gasteiger partial charge in [-0.15, -0.1) is 0 Å². The molecule has 18 heavy (non-hydrogen) atoms. The van der Waals surface area contributed by atoms with Crippen LogP contribution in [0.4, 0.5) is 5.69 Å². The largest absolute Gasteiger partial charge is 0.369 e. The third-order valence-electron chi connectivity index (χ3n) is 3.77. The van der Waals surface area contributed by atoms with Crippen LogP contribution in [0.1, 0.15) is 30.7 Å². The summed E-state index contributed by atoms with van der Waals surface area (Å²) in [4.78, 5) is 24.9. The molecule has 0 radical (unpaired) electrons. The van der Waals surface area contributed by atoms with Crippen molar-refractivity contribution in [1.29, 1.82) is 0 Å². The fourth-order valence-corrected chi connectivity index (χ4v) is 2.60. The Hall–Kier alpha value is -1.84. The van der Waals surface area contributed by atoms with Gasteiger partial charge in [-0.2, -0.15) is 0 Å². The standard InChI is InChI=1S/C14H16N2O2/c15-14(18)10-7-13(17)16(8-10)12-4-2-1-3-11(12)9-5-6-9/h1-4,9-10H,5-8H2,(H2,15,18). The minimum atomic E-state index is -0.380. The second kappa shape index (κ2) is 4.12. The normalized spacial score (nSPS) is 23.4. The van der Waals surface area contributed by atoms with Crippen molar-refractivity contribution in [3.05, 3.63) is 29.8 Å². The number of primary amides is 1. The number of hydrogen-bond donors (Lipinski definition) is 1. The van der Waals surface area contributed by atoms with Crippen molar-refractivity contribution in [3.8, 4) is 0 Å². The predicted molar refractivity (Wildman–Crippen MR) is 68.1 cm³/mol. The molecule has 2 fully saturated rings. The van der Waals surface area contributed by atoms with Gasteiger partial charge in [0.1, 0.15) is 0 Å². The SMILES string of the molecule is NC(=O)C1CC(=O)N(c2ccccc2C2CC2)C1. The third kappa shape index (κ3) is 1.88. The second-order valence-corrected chi connectivity index (χ2v) is 5.14. The zero-order valence-electron chi connectivity index (χ0n) is 10.1. The molecule has 0 bridgehead atoms. The molecule has 94 valence electrons. The van der Waals surface area contributed by atoms with Crippen molar-refractivity contribution in [1.82, 2.24) is 0 Å². The molecule has 1 heterocycles. The fourth-order valence-electron chi connectivity index (χ4n) is 2.60. The van der Waals surface area contributed by atoms with Crippen molar-refractivity contribution < 1.29 is 9.59 Å². The van der Waals surface area contributed by atoms with E-state index in [9.17, 15) is 9.59 Å². The lowest BCUT2D eigenvalue weighted by atomic mass is 10.1. The van der Waals surface area contributed by atoms with E-state index in [-0.39, 0.29) is 24.2 Å². The van der Waals surface area contributed by atoms with Gasteiger partial charge in [-0.25, -0.2) is 0 Å². The first-order chi connectivity index (χ1) is 8.66. The Labute approximate surface area is 106 Å². The summed E-state index contributed by atoms with van der Waals surface area (Å²) in [6, 6.07) is 7.99. The Morgan fingerprint density at radius 2 is 2.00 bits per heavy atom. The number of nitrogens with two attached hydrogens (primary N) is 1. The van der Waals surface area contributed by atoms with Gasteiger partial charge in [0, 0.05) is 18.7 Å². The Morgan fingerprint density at radius 3 is 2.61 bits per heavy atom. The quantitative estimate of drug-likeness (QED) is 0.873. The topological polar surface area (TPSA) is 63.4 Å². The zero-order chi connectivity index (χ0) is 12.7. The lowest BCUT2D eigenvalue weighted by molar-refractivity contribution is -0.123. The average molecular weight is 244 g/mol. The summed E-state index contributed by atoms with van der Waals surface area (Å²) < 4.78 is 0. The Balaban J connectivity index is 1.91. The molecule has 1 aliphatic carbocycles. The summed E-state index contributed by atoms with van der Waals surface area (Å²) >= 11 is 0. The van der Waals surface area contributed by atoms with Crippen LogP contribution in [0.15, 0.2) is 24.3 Å². The molecule has 0 aromatic heterocycles. The first-order valence-corrected chi connectivity index (χ1v) is 6.35. The van der Waals surface area contributed by atoms with Crippen LogP contribution < -0.4 is 10.6 Å². The van der Waals surface area contributed by atoms with Crippen LogP contribution in [-0.4, -0.2) is 18.4 Å². The summed E-state index contributed by atoms with van der Waals surface area (Å²) in [6.45, 7) is 0.428. The van der Waals surface area contributed by atoms with Crippen molar-refractivity contribution in [2.45, 2.75) is 25.2 Å². The number of para-hydroxylation sites is 1. The minimum absolute atomic E-state index is 0.00639. The van der Waals surface area contributed by atoms with E-state index >= 15 is 0 Å². The highest BCUT2D eigenvalue weighted by atomic mass is 16.2. The molecule has 2 aliphatic rings. The van der Waals surface area contributed by atoms with Crippen LogP contribution in [0.2, 0.25) is 0 Å². The van der Waals surface area contributed by atoms with Crippen LogP contribution in [0, 0.1) is 5.92 Å². The third-order valence-corrected chi connectivity index (χ3v) is 3.77. The zero-order valence-corrected chi connectivity index (χ0v) is 10.1. The van der Waals surface area contributed by atoms with Gasteiger partial charge in [0.15, 0.2) is 0 Å². The van der Waals surface area contributed by atoms with Crippen LogP contribution in [0.5, 0.6) is 0 Å². The van der Waals surface area contributed by atoms with Crippen LogP contribution in [-0.2, 0) is 9.59 Å². The highest BCUT2D eigenvalue weighted by molar-refractivity contribution is 6.00. The van der Waals surface area contributed by atoms with Gasteiger partial charge < -0.3 is 10.6 Å². The predicted octanol–water partition coefficient (Wildman–Crippen LogP) is 1.40. The Morgan fingerprint density at radius 1 is 1.28 bits per heavy atom. The monoisotopic (exact) mass is 244 g/mol. The molecule has 1 aliphatic heterocycles. The molecule has 1 saturated heterocycles. The van der Waals surface area contributed by atoms with E-state index in [1.54, 1.807) is 4.90 Å². The second-order valence-electron chi connectivity index (χ2n) is 5.14. The van der Waals surface area contributed by atoms with E-state index in [1.165, 1.54) is 18.4 Å². The molecule has 2 amide bonds. The first kappa shape index (κ1) is 11.3. The summed E-state index contributed by atoms with van der Waals surface area (Å²) in [7, 11) is 0. The van der Waals surface area contributed by atoms with E-state index in [2.05, 4.69) is 6.07 Å². The van der Waals surface area contributed by atoms with Crippen molar-refractivity contribution in [2.75, 3.05) is 11.4 Å². The van der Waals surface area contributed by atoms with Gasteiger partial charge in [-0.1, -0.05) is 18.2 Å². The average Bonchev–Trinajstić information content (AvgIpc) is 3.12. The highest BCUT2D eigenvalue weighted by Gasteiger charge is 2.36. The lowest BCUT2D eigenvalue weighted by Crippen LogP contribution is -2.29. The number of carbonyl (C=O) groups excluding carboxylic acids is 2. The number of carbonyl (C=O) groups is 2. The molecule has 2 N–H and O–H groups in total. The maximum Gasteiger partial charge on any atom is 0.227 e. The molecule has 1 aromatic carbocycles. The summed E-state index contributed by atoms with van der Waals surface area (Å²) in [6.07, 6.45) is 2.63. The van der Waals surface area contributed by atoms with E-state index in [0.29, 0.717) is 12.5 Å². The number of rotatable bonds is 3. The molecule has 1 aromatic rings. The molecule has 4 nitrogen and oxygen atoms in total. The van der Waals surface area contributed by atoms with Crippen molar-refractivity contribution in [3.63, 3.8) is 0 Å². The lowest BCUT2D eigenvalue weighted by Gasteiger charge is -2.20. The molecule has 1 saturated carbocycles. The molecule has 1 unspecified atom stereocenters. The number of nitrogens with zero attached hydrogens (tertiary/aromatic N) is 1. The van der Waals surface area contributed by atoms with Gasteiger partial charge in [-0.05, 0) is 30.4 Å². The van der Waals surface area contributed by atoms with Gasteiger partial charge >= 0.3 is 0 Å². The van der Waals surface area contributed by atoms with E-state index < -0.39 is 0 Å². The molecule has 1 atom stereocenters. The molecular weight excluding hydrogens is 228 g/mol. The van der Waals surface area contributed by atoms with Gasteiger partial charge in [0.2, 0.25) is 11.8 Å².